The van der Waals surface area contributed by atoms with Gasteiger partial charge in [0.15, 0.2) is 11.5 Å². The van der Waals surface area contributed by atoms with E-state index in [1.165, 1.54) is 20.3 Å². The van der Waals surface area contributed by atoms with Gasteiger partial charge in [0, 0.05) is 11.3 Å². The van der Waals surface area contributed by atoms with Gasteiger partial charge in [-0.2, -0.15) is 0 Å². The van der Waals surface area contributed by atoms with Crippen LogP contribution in [0, 0.1) is 3.57 Å². The first kappa shape index (κ1) is 17.7. The van der Waals surface area contributed by atoms with Gasteiger partial charge in [0.1, 0.15) is 0 Å². The van der Waals surface area contributed by atoms with Crippen LogP contribution in [0.5, 0.6) is 11.5 Å². The minimum Gasteiger partial charge on any atom is -0.503 e. The Labute approximate surface area is 151 Å². The second kappa shape index (κ2) is 6.83. The maximum Gasteiger partial charge on any atom is 0.337 e. The molecule has 0 bridgehead atoms. The number of hydrogen-bond acceptors (Lipinski definition) is 5. The van der Waals surface area contributed by atoms with E-state index in [0.29, 0.717) is 14.8 Å². The van der Waals surface area contributed by atoms with Crippen LogP contribution in [0.25, 0.3) is 0 Å². The Bertz CT molecular complexity index is 720. The summed E-state index contributed by atoms with van der Waals surface area (Å²) in [5.74, 6) is -0.524. The maximum absolute atomic E-state index is 12.1. The van der Waals surface area contributed by atoms with Gasteiger partial charge < -0.3 is 25.2 Å². The number of amides is 2. The molecule has 0 saturated heterocycles. The first-order valence-electron chi connectivity index (χ1n) is 6.43. The Balaban J connectivity index is 2.67. The Kier molecular flexibility index (Phi) is 5.25. The van der Waals surface area contributed by atoms with Crippen molar-refractivity contribution in [3.63, 3.8) is 0 Å². The smallest absolute Gasteiger partial charge is 0.337 e. The predicted molar refractivity (Wildman–Crippen MR) is 91.5 cm³/mol. The largest absolute Gasteiger partial charge is 0.503 e. The van der Waals surface area contributed by atoms with Crippen molar-refractivity contribution in [1.29, 1.82) is 0 Å². The highest BCUT2D eigenvalue weighted by molar-refractivity contribution is 14.1. The molecule has 0 unspecified atom stereocenters. The number of carbonyl (C=O) groups excluding carboxylic acids is 2. The van der Waals surface area contributed by atoms with Crippen molar-refractivity contribution in [3.8, 4) is 11.5 Å². The number of esters is 1. The van der Waals surface area contributed by atoms with E-state index < -0.39 is 18.0 Å². The third-order valence-electron chi connectivity index (χ3n) is 3.38. The molecular formula is C14H14ClIN2O5. The normalized spacial score (nSPS) is 17.4. The van der Waals surface area contributed by atoms with Gasteiger partial charge in [-0.15, -0.1) is 0 Å². The van der Waals surface area contributed by atoms with E-state index in [1.54, 1.807) is 6.92 Å². The number of ether oxygens (including phenoxy) is 2. The topological polar surface area (TPSA) is 96.9 Å². The average Bonchev–Trinajstić information content (AvgIpc) is 2.51. The standard InChI is InChI=1S/C14H14ClIN2O5/c1-5-8(13(20)23-3)11(18-14(21)17-5)6-4-7(22-2)12(19)10(16)9(6)15/h4,11,19H,1-3H3,(H2,17,18,21)/t11-/m1/s1. The molecule has 0 aromatic heterocycles. The van der Waals surface area contributed by atoms with Crippen LogP contribution in [0.1, 0.15) is 18.5 Å². The Hall–Kier alpha value is -1.68. The summed E-state index contributed by atoms with van der Waals surface area (Å²) >= 11 is 8.16. The molecule has 0 fully saturated rings. The molecule has 1 heterocycles. The summed E-state index contributed by atoms with van der Waals surface area (Å²) in [5, 5.41) is 15.4. The molecule has 1 aromatic rings. The number of halogens is 2. The summed E-state index contributed by atoms with van der Waals surface area (Å²) in [6.07, 6.45) is 0. The van der Waals surface area contributed by atoms with Crippen LogP contribution in [0.3, 0.4) is 0 Å². The molecule has 0 spiro atoms. The lowest BCUT2D eigenvalue weighted by Crippen LogP contribution is -2.45. The van der Waals surface area contributed by atoms with Gasteiger partial charge in [-0.05, 0) is 35.6 Å². The van der Waals surface area contributed by atoms with Crippen LogP contribution in [-0.4, -0.2) is 31.3 Å². The van der Waals surface area contributed by atoms with E-state index in [2.05, 4.69) is 10.6 Å². The SMILES string of the molecule is COC(=O)C1=C(C)NC(=O)N[C@@H]1c1cc(OC)c(O)c(I)c1Cl. The van der Waals surface area contributed by atoms with E-state index in [4.69, 9.17) is 21.1 Å². The third kappa shape index (κ3) is 3.18. The molecule has 1 aliphatic heterocycles. The lowest BCUT2D eigenvalue weighted by molar-refractivity contribution is -0.136. The molecule has 2 amide bonds. The highest BCUT2D eigenvalue weighted by Crippen LogP contribution is 2.43. The number of urea groups is 1. The number of nitrogens with one attached hydrogen (secondary N) is 2. The van der Waals surface area contributed by atoms with Crippen LogP contribution < -0.4 is 15.4 Å². The molecular weight excluding hydrogens is 439 g/mol. The monoisotopic (exact) mass is 452 g/mol. The van der Waals surface area contributed by atoms with Gasteiger partial charge in [-0.1, -0.05) is 11.6 Å². The van der Waals surface area contributed by atoms with Crippen LogP contribution in [0.4, 0.5) is 4.79 Å². The first-order valence-corrected chi connectivity index (χ1v) is 7.88. The van der Waals surface area contributed by atoms with E-state index in [0.717, 1.165) is 0 Å². The van der Waals surface area contributed by atoms with Gasteiger partial charge in [-0.3, -0.25) is 0 Å². The summed E-state index contributed by atoms with van der Waals surface area (Å²) in [6, 6.07) is 0.178. The van der Waals surface area contributed by atoms with Gasteiger partial charge >= 0.3 is 12.0 Å². The van der Waals surface area contributed by atoms with Crippen molar-refractivity contribution in [2.24, 2.45) is 0 Å². The Morgan fingerprint density at radius 1 is 1.43 bits per heavy atom. The number of phenols is 1. The molecule has 0 aliphatic carbocycles. The summed E-state index contributed by atoms with van der Waals surface area (Å²) in [7, 11) is 2.64. The lowest BCUT2D eigenvalue weighted by Gasteiger charge is -2.29. The third-order valence-corrected chi connectivity index (χ3v) is 5.16. The summed E-state index contributed by atoms with van der Waals surface area (Å²) < 4.78 is 10.3. The van der Waals surface area contributed by atoms with Crippen LogP contribution in [0.15, 0.2) is 17.3 Å². The molecule has 1 aromatic carbocycles. The number of rotatable bonds is 3. The lowest BCUT2D eigenvalue weighted by atomic mass is 9.95. The fourth-order valence-electron chi connectivity index (χ4n) is 2.29. The maximum atomic E-state index is 12.1. The van der Waals surface area contributed by atoms with Crippen molar-refractivity contribution in [2.75, 3.05) is 14.2 Å². The molecule has 0 radical (unpaired) electrons. The Morgan fingerprint density at radius 3 is 2.65 bits per heavy atom. The number of benzene rings is 1. The van der Waals surface area contributed by atoms with Gasteiger partial charge in [0.25, 0.3) is 0 Å². The number of hydrogen-bond donors (Lipinski definition) is 3. The minimum absolute atomic E-state index is 0.109. The molecule has 7 nitrogen and oxygen atoms in total. The fraction of sp³-hybridized carbons (Fsp3) is 0.286. The highest BCUT2D eigenvalue weighted by Gasteiger charge is 2.34. The molecule has 1 aliphatic rings. The second-order valence-corrected chi connectivity index (χ2v) is 6.16. The van der Waals surface area contributed by atoms with Crippen LogP contribution in [0.2, 0.25) is 5.02 Å². The number of carbonyl (C=O) groups is 2. The summed E-state index contributed by atoms with van der Waals surface area (Å²) in [4.78, 5) is 23.9. The zero-order chi connectivity index (χ0) is 17.3. The highest BCUT2D eigenvalue weighted by atomic mass is 127. The van der Waals surface area contributed by atoms with E-state index >= 15 is 0 Å². The minimum atomic E-state index is -0.827. The van der Waals surface area contributed by atoms with Gasteiger partial charge in [0.05, 0.1) is 34.4 Å². The van der Waals surface area contributed by atoms with E-state index in [-0.39, 0.29) is 22.1 Å². The van der Waals surface area contributed by atoms with Gasteiger partial charge in [0.2, 0.25) is 0 Å². The zero-order valence-electron chi connectivity index (χ0n) is 12.5. The van der Waals surface area contributed by atoms with Crippen molar-refractivity contribution in [2.45, 2.75) is 13.0 Å². The molecule has 2 rings (SSSR count). The quantitative estimate of drug-likeness (QED) is 0.484. The van der Waals surface area contributed by atoms with Gasteiger partial charge in [-0.25, -0.2) is 9.59 Å². The number of allylic oxidation sites excluding steroid dienone is 1. The van der Waals surface area contributed by atoms with E-state index in [9.17, 15) is 14.7 Å². The number of phenolic OH excluding ortho intramolecular Hbond substituents is 1. The predicted octanol–water partition coefficient (Wildman–Crippen LogP) is 2.46. The zero-order valence-corrected chi connectivity index (χ0v) is 15.4. The molecule has 3 N–H and O–H groups in total. The summed E-state index contributed by atoms with van der Waals surface area (Å²) in [5.41, 5.74) is 1.00. The van der Waals surface area contributed by atoms with Crippen molar-refractivity contribution >= 4 is 46.2 Å². The molecule has 124 valence electrons. The van der Waals surface area contributed by atoms with Crippen molar-refractivity contribution < 1.29 is 24.2 Å². The Morgan fingerprint density at radius 2 is 2.09 bits per heavy atom. The van der Waals surface area contributed by atoms with Crippen LogP contribution >= 0.6 is 34.2 Å². The second-order valence-electron chi connectivity index (χ2n) is 4.71. The molecule has 1 atom stereocenters. The summed E-state index contributed by atoms with van der Waals surface area (Å²) in [6.45, 7) is 1.59. The first-order chi connectivity index (χ1) is 10.8. The number of aromatic hydroxyl groups is 1. The molecule has 0 saturated carbocycles. The van der Waals surface area contributed by atoms with E-state index in [1.807, 2.05) is 22.6 Å². The average molecular weight is 453 g/mol. The van der Waals surface area contributed by atoms with Crippen molar-refractivity contribution in [3.05, 3.63) is 31.5 Å². The molecule has 9 heteroatoms. The number of methoxy groups -OCH3 is 2. The van der Waals surface area contributed by atoms with Crippen molar-refractivity contribution in [1.82, 2.24) is 10.6 Å². The fourth-order valence-corrected chi connectivity index (χ4v) is 3.12. The molecule has 23 heavy (non-hydrogen) atoms. The van der Waals surface area contributed by atoms with Crippen LogP contribution in [-0.2, 0) is 9.53 Å².